The number of rotatable bonds is 4. The zero-order valence-corrected chi connectivity index (χ0v) is 12.3. The van der Waals surface area contributed by atoms with E-state index >= 15 is 0 Å². The first kappa shape index (κ1) is 14.3. The molecule has 1 aliphatic carbocycles. The quantitative estimate of drug-likeness (QED) is 0.837. The van der Waals surface area contributed by atoms with Crippen molar-refractivity contribution in [3.8, 4) is 0 Å². The second kappa shape index (κ2) is 3.95. The van der Waals surface area contributed by atoms with E-state index in [1.807, 2.05) is 6.92 Å². The van der Waals surface area contributed by atoms with E-state index in [1.54, 1.807) is 4.90 Å². The number of ether oxygens (including phenoxy) is 1. The van der Waals surface area contributed by atoms with E-state index in [0.29, 0.717) is 13.1 Å². The zero-order valence-electron chi connectivity index (χ0n) is 12.3. The molecule has 2 rings (SSSR count). The molecule has 1 saturated carbocycles. The van der Waals surface area contributed by atoms with Gasteiger partial charge in [0.2, 0.25) is 5.91 Å². The molecule has 0 bridgehead atoms. The van der Waals surface area contributed by atoms with Crippen molar-refractivity contribution in [2.45, 2.75) is 40.2 Å². The summed E-state index contributed by atoms with van der Waals surface area (Å²) >= 11 is 0. The molecule has 0 spiro atoms. The van der Waals surface area contributed by atoms with E-state index in [2.05, 4.69) is 27.7 Å². The molecule has 5 heteroatoms. The van der Waals surface area contributed by atoms with Crippen molar-refractivity contribution in [2.75, 3.05) is 19.7 Å². The van der Waals surface area contributed by atoms with Gasteiger partial charge in [-0.25, -0.2) is 4.79 Å². The van der Waals surface area contributed by atoms with Gasteiger partial charge >= 0.3 is 5.97 Å². The van der Waals surface area contributed by atoms with Crippen molar-refractivity contribution in [3.05, 3.63) is 0 Å². The van der Waals surface area contributed by atoms with Crippen molar-refractivity contribution < 1.29 is 19.4 Å². The summed E-state index contributed by atoms with van der Waals surface area (Å²) in [6.45, 7) is 11.0. The molecular weight excluding hydrogens is 246 g/mol. The fourth-order valence-electron chi connectivity index (χ4n) is 3.24. The molecule has 1 amide bonds. The smallest absolute Gasteiger partial charge is 0.329 e. The second-order valence-corrected chi connectivity index (χ2v) is 7.20. The van der Waals surface area contributed by atoms with Crippen molar-refractivity contribution in [1.82, 2.24) is 4.90 Å². The van der Waals surface area contributed by atoms with Crippen LogP contribution in [0.25, 0.3) is 0 Å². The highest BCUT2D eigenvalue weighted by atomic mass is 16.5. The molecule has 0 radical (unpaired) electrons. The Morgan fingerprint density at radius 2 is 1.63 bits per heavy atom. The molecule has 2 fully saturated rings. The van der Waals surface area contributed by atoms with Gasteiger partial charge in [-0.2, -0.15) is 0 Å². The molecule has 1 N–H and O–H groups in total. The number of hydrogen-bond donors (Lipinski definition) is 1. The Morgan fingerprint density at radius 3 is 2.00 bits per heavy atom. The van der Waals surface area contributed by atoms with Crippen LogP contribution in [0.1, 0.15) is 34.6 Å². The van der Waals surface area contributed by atoms with Crippen LogP contribution in [0.3, 0.4) is 0 Å². The lowest BCUT2D eigenvalue weighted by molar-refractivity contribution is -0.174. The van der Waals surface area contributed by atoms with Crippen LogP contribution in [0.15, 0.2) is 0 Å². The summed E-state index contributed by atoms with van der Waals surface area (Å²) < 4.78 is 5.32. The minimum atomic E-state index is -0.976. The second-order valence-electron chi connectivity index (χ2n) is 7.20. The fraction of sp³-hybridized carbons (Fsp3) is 0.857. The van der Waals surface area contributed by atoms with Gasteiger partial charge in [0.1, 0.15) is 12.2 Å². The number of aliphatic carboxylic acids is 1. The van der Waals surface area contributed by atoms with Crippen LogP contribution in [-0.2, 0) is 14.3 Å². The van der Waals surface area contributed by atoms with E-state index in [1.165, 1.54) is 0 Å². The van der Waals surface area contributed by atoms with Gasteiger partial charge in [0.05, 0.1) is 13.1 Å². The average molecular weight is 269 g/mol. The van der Waals surface area contributed by atoms with E-state index in [9.17, 15) is 9.59 Å². The minimum absolute atomic E-state index is 0.0397. The molecule has 19 heavy (non-hydrogen) atoms. The Hall–Kier alpha value is -1.10. The summed E-state index contributed by atoms with van der Waals surface area (Å²) in [6, 6.07) is 0. The van der Waals surface area contributed by atoms with E-state index in [4.69, 9.17) is 9.84 Å². The van der Waals surface area contributed by atoms with Gasteiger partial charge in [0.25, 0.3) is 0 Å². The third-order valence-corrected chi connectivity index (χ3v) is 5.17. The normalized spacial score (nSPS) is 26.7. The van der Waals surface area contributed by atoms with Gasteiger partial charge in [0, 0.05) is 5.92 Å². The van der Waals surface area contributed by atoms with Crippen LogP contribution in [0.5, 0.6) is 0 Å². The molecule has 2 aliphatic rings. The van der Waals surface area contributed by atoms with Crippen molar-refractivity contribution in [3.63, 3.8) is 0 Å². The van der Waals surface area contributed by atoms with Crippen LogP contribution < -0.4 is 0 Å². The van der Waals surface area contributed by atoms with Gasteiger partial charge in [-0.1, -0.05) is 27.7 Å². The van der Waals surface area contributed by atoms with Crippen LogP contribution in [-0.4, -0.2) is 47.2 Å². The van der Waals surface area contributed by atoms with Crippen LogP contribution in [0.2, 0.25) is 0 Å². The molecule has 108 valence electrons. The third kappa shape index (κ3) is 2.14. The third-order valence-electron chi connectivity index (χ3n) is 5.17. The first-order valence-electron chi connectivity index (χ1n) is 6.66. The summed E-state index contributed by atoms with van der Waals surface area (Å²) in [5.41, 5.74) is -0.423. The molecule has 1 aliphatic heterocycles. The molecule has 1 saturated heterocycles. The molecule has 0 aromatic heterocycles. The summed E-state index contributed by atoms with van der Waals surface area (Å²) in [7, 11) is 0. The van der Waals surface area contributed by atoms with Crippen molar-refractivity contribution in [2.24, 2.45) is 16.7 Å². The van der Waals surface area contributed by atoms with Crippen LogP contribution in [0, 0.1) is 16.7 Å². The molecule has 0 aromatic carbocycles. The van der Waals surface area contributed by atoms with Crippen molar-refractivity contribution in [1.29, 1.82) is 0 Å². The Morgan fingerprint density at radius 1 is 1.16 bits per heavy atom. The van der Waals surface area contributed by atoms with Crippen LogP contribution in [0.4, 0.5) is 0 Å². The first-order chi connectivity index (χ1) is 8.51. The summed E-state index contributed by atoms with van der Waals surface area (Å²) in [5.74, 6) is -0.745. The van der Waals surface area contributed by atoms with E-state index in [-0.39, 0.29) is 29.3 Å². The van der Waals surface area contributed by atoms with Gasteiger partial charge in [-0.3, -0.25) is 4.79 Å². The average Bonchev–Trinajstić information content (AvgIpc) is 2.62. The number of carbonyl (C=O) groups is 2. The predicted octanol–water partition coefficient (Wildman–Crippen LogP) is 1.37. The number of nitrogens with zero attached hydrogens (tertiary/aromatic N) is 1. The van der Waals surface area contributed by atoms with E-state index in [0.717, 1.165) is 0 Å². The summed E-state index contributed by atoms with van der Waals surface area (Å²) in [6.07, 6.45) is 0. The summed E-state index contributed by atoms with van der Waals surface area (Å²) in [5, 5.41) is 8.60. The number of carboxylic acids is 1. The molecule has 0 unspecified atom stereocenters. The standard InChI is InChI=1S/C14H23NO4/c1-12(2)10(13(12,3)4)11(18)15-7-14(5,8-15)19-6-9(16)17/h10H,6-8H2,1-5H3,(H,16,17). The maximum Gasteiger partial charge on any atom is 0.329 e. The zero-order chi connectivity index (χ0) is 14.6. The molecular formula is C14H23NO4. The molecule has 5 nitrogen and oxygen atoms in total. The SMILES string of the molecule is CC1(OCC(=O)O)CN(C(=O)C2C(C)(C)C2(C)C)C1. The Bertz CT molecular complexity index is 407. The Labute approximate surface area is 113 Å². The monoisotopic (exact) mass is 269 g/mol. The molecule has 0 aromatic rings. The molecule has 0 atom stereocenters. The number of carbonyl (C=O) groups excluding carboxylic acids is 1. The lowest BCUT2D eigenvalue weighted by Crippen LogP contribution is -2.64. The van der Waals surface area contributed by atoms with E-state index < -0.39 is 11.6 Å². The lowest BCUT2D eigenvalue weighted by atomic mass is 9.95. The maximum absolute atomic E-state index is 12.4. The van der Waals surface area contributed by atoms with Gasteiger partial charge < -0.3 is 14.7 Å². The topological polar surface area (TPSA) is 66.8 Å². The Kier molecular flexibility index (Phi) is 2.97. The summed E-state index contributed by atoms with van der Waals surface area (Å²) in [4.78, 5) is 24.7. The highest BCUT2D eigenvalue weighted by Crippen LogP contribution is 2.69. The Balaban J connectivity index is 1.88. The number of hydrogen-bond acceptors (Lipinski definition) is 3. The largest absolute Gasteiger partial charge is 0.480 e. The lowest BCUT2D eigenvalue weighted by Gasteiger charge is -2.47. The molecule has 1 heterocycles. The van der Waals surface area contributed by atoms with Gasteiger partial charge in [-0.05, 0) is 17.8 Å². The van der Waals surface area contributed by atoms with Gasteiger partial charge in [0.15, 0.2) is 0 Å². The minimum Gasteiger partial charge on any atom is -0.480 e. The van der Waals surface area contributed by atoms with Crippen molar-refractivity contribution >= 4 is 11.9 Å². The van der Waals surface area contributed by atoms with Gasteiger partial charge in [-0.15, -0.1) is 0 Å². The number of amides is 1. The fourth-order valence-corrected chi connectivity index (χ4v) is 3.24. The van der Waals surface area contributed by atoms with Crippen LogP contribution >= 0.6 is 0 Å². The number of carboxylic acid groups (broad SMARTS) is 1. The highest BCUT2D eigenvalue weighted by Gasteiger charge is 2.69. The highest BCUT2D eigenvalue weighted by molar-refractivity contribution is 5.85. The maximum atomic E-state index is 12.4. The predicted molar refractivity (Wildman–Crippen MR) is 69.6 cm³/mol. The first-order valence-corrected chi connectivity index (χ1v) is 6.66. The number of likely N-dealkylation sites (tertiary alicyclic amines) is 1.